The van der Waals surface area contributed by atoms with Crippen LogP contribution in [-0.4, -0.2) is 44.4 Å². The Hall–Kier alpha value is -1.30. The first-order chi connectivity index (χ1) is 10.5. The average molecular weight is 327 g/mol. The maximum absolute atomic E-state index is 11.8. The first-order valence-electron chi connectivity index (χ1n) is 7.82. The van der Waals surface area contributed by atoms with Crippen molar-refractivity contribution >= 4 is 23.3 Å². The number of morpholine rings is 1. The van der Waals surface area contributed by atoms with Crippen LogP contribution in [0.2, 0.25) is 5.02 Å². The molecule has 0 radical (unpaired) electrons. The van der Waals surface area contributed by atoms with E-state index in [0.717, 1.165) is 31.7 Å². The van der Waals surface area contributed by atoms with Crippen molar-refractivity contribution < 1.29 is 14.4 Å². The number of amides is 2. The lowest BCUT2D eigenvalue weighted by Crippen LogP contribution is -3.15. The molecule has 0 spiro atoms. The van der Waals surface area contributed by atoms with E-state index in [9.17, 15) is 4.79 Å². The highest BCUT2D eigenvalue weighted by Gasteiger charge is 2.24. The summed E-state index contributed by atoms with van der Waals surface area (Å²) in [4.78, 5) is 13.3. The van der Waals surface area contributed by atoms with E-state index in [-0.39, 0.29) is 6.03 Å². The highest BCUT2D eigenvalue weighted by molar-refractivity contribution is 6.30. The standard InChI is InChI=1S/C16H24ClN3O2/c1-12-10-20(11-13(2)22-12)9-3-8-18-16(21)19-15-6-4-14(17)5-7-15/h4-7,12-13H,3,8-11H2,1-2H3,(H2,18,19,21)/p+1/t12-,13-/m0/s1. The lowest BCUT2D eigenvalue weighted by Gasteiger charge is -2.32. The van der Waals surface area contributed by atoms with Crippen molar-refractivity contribution in [3.05, 3.63) is 29.3 Å². The van der Waals surface area contributed by atoms with Gasteiger partial charge in [0.25, 0.3) is 0 Å². The fourth-order valence-electron chi connectivity index (χ4n) is 2.84. The molecule has 0 aromatic heterocycles. The van der Waals surface area contributed by atoms with E-state index in [2.05, 4.69) is 24.5 Å². The zero-order valence-electron chi connectivity index (χ0n) is 13.2. The summed E-state index contributed by atoms with van der Waals surface area (Å²) >= 11 is 5.81. The molecular formula is C16H25ClN3O2+. The summed E-state index contributed by atoms with van der Waals surface area (Å²) in [7, 11) is 0. The molecular weight excluding hydrogens is 302 g/mol. The molecule has 2 amide bonds. The van der Waals surface area contributed by atoms with Gasteiger partial charge in [0, 0.05) is 23.7 Å². The van der Waals surface area contributed by atoms with Crippen LogP contribution in [-0.2, 0) is 4.74 Å². The van der Waals surface area contributed by atoms with Crippen LogP contribution in [0, 0.1) is 0 Å². The average Bonchev–Trinajstić information content (AvgIpc) is 2.45. The van der Waals surface area contributed by atoms with Crippen molar-refractivity contribution in [3.63, 3.8) is 0 Å². The van der Waals surface area contributed by atoms with Gasteiger partial charge in [-0.3, -0.25) is 0 Å². The zero-order chi connectivity index (χ0) is 15.9. The van der Waals surface area contributed by atoms with Crippen molar-refractivity contribution in [3.8, 4) is 0 Å². The lowest BCUT2D eigenvalue weighted by molar-refractivity contribution is -0.915. The lowest BCUT2D eigenvalue weighted by atomic mass is 10.2. The van der Waals surface area contributed by atoms with Crippen LogP contribution in [0.4, 0.5) is 10.5 Å². The number of quaternary nitrogens is 1. The second-order valence-corrected chi connectivity index (χ2v) is 6.34. The van der Waals surface area contributed by atoms with Gasteiger partial charge < -0.3 is 20.3 Å². The number of carbonyl (C=O) groups excluding carboxylic acids is 1. The van der Waals surface area contributed by atoms with Gasteiger partial charge in [-0.1, -0.05) is 11.6 Å². The Balaban J connectivity index is 1.62. The Morgan fingerprint density at radius 1 is 1.27 bits per heavy atom. The number of rotatable bonds is 5. The predicted molar refractivity (Wildman–Crippen MR) is 88.7 cm³/mol. The first kappa shape index (κ1) is 17.1. The third kappa shape index (κ3) is 5.83. The molecule has 1 aliphatic heterocycles. The number of hydrogen-bond acceptors (Lipinski definition) is 2. The van der Waals surface area contributed by atoms with Crippen LogP contribution in [0.3, 0.4) is 0 Å². The molecule has 1 saturated heterocycles. The number of urea groups is 1. The largest absolute Gasteiger partial charge is 0.364 e. The van der Waals surface area contributed by atoms with Gasteiger partial charge in [-0.05, 0) is 38.1 Å². The molecule has 0 bridgehead atoms. The van der Waals surface area contributed by atoms with E-state index in [4.69, 9.17) is 16.3 Å². The fourth-order valence-corrected chi connectivity index (χ4v) is 2.97. The summed E-state index contributed by atoms with van der Waals surface area (Å²) < 4.78 is 5.73. The normalized spacial score (nSPS) is 24.8. The minimum Gasteiger partial charge on any atom is -0.364 e. The highest BCUT2D eigenvalue weighted by Crippen LogP contribution is 2.12. The number of benzene rings is 1. The SMILES string of the molecule is C[C@H]1C[NH+](CCCNC(=O)Nc2ccc(Cl)cc2)C[C@H](C)O1. The van der Waals surface area contributed by atoms with E-state index < -0.39 is 0 Å². The number of ether oxygens (including phenoxy) is 1. The van der Waals surface area contributed by atoms with Crippen molar-refractivity contribution in [2.75, 3.05) is 31.5 Å². The topological polar surface area (TPSA) is 54.8 Å². The van der Waals surface area contributed by atoms with Crippen LogP contribution in [0.5, 0.6) is 0 Å². The van der Waals surface area contributed by atoms with Gasteiger partial charge in [0.05, 0.1) is 6.54 Å². The summed E-state index contributed by atoms with van der Waals surface area (Å²) in [6.07, 6.45) is 1.60. The van der Waals surface area contributed by atoms with Crippen molar-refractivity contribution in [2.24, 2.45) is 0 Å². The summed E-state index contributed by atoms with van der Waals surface area (Å²) in [6.45, 7) is 8.05. The van der Waals surface area contributed by atoms with Gasteiger partial charge in [-0.25, -0.2) is 4.79 Å². The van der Waals surface area contributed by atoms with Gasteiger partial charge in [-0.15, -0.1) is 0 Å². The Morgan fingerprint density at radius 2 is 1.91 bits per heavy atom. The Bertz CT molecular complexity index is 471. The zero-order valence-corrected chi connectivity index (χ0v) is 14.0. The minimum absolute atomic E-state index is 0.180. The molecule has 0 saturated carbocycles. The molecule has 1 fully saturated rings. The Kier molecular flexibility index (Phi) is 6.49. The maximum atomic E-state index is 11.8. The van der Waals surface area contributed by atoms with Crippen LogP contribution in [0.25, 0.3) is 0 Å². The molecule has 0 aliphatic carbocycles. The van der Waals surface area contributed by atoms with Crippen LogP contribution in [0.1, 0.15) is 20.3 Å². The van der Waals surface area contributed by atoms with E-state index in [0.29, 0.717) is 23.8 Å². The second-order valence-electron chi connectivity index (χ2n) is 5.91. The third-order valence-corrected chi connectivity index (χ3v) is 3.96. The molecule has 2 rings (SSSR count). The monoisotopic (exact) mass is 326 g/mol. The van der Waals surface area contributed by atoms with Gasteiger partial charge >= 0.3 is 6.03 Å². The molecule has 1 heterocycles. The number of halogens is 1. The summed E-state index contributed by atoms with van der Waals surface area (Å²) in [5.74, 6) is 0. The van der Waals surface area contributed by atoms with E-state index >= 15 is 0 Å². The molecule has 2 atom stereocenters. The molecule has 5 nitrogen and oxygen atoms in total. The number of nitrogens with one attached hydrogen (secondary N) is 3. The van der Waals surface area contributed by atoms with Crippen LogP contribution in [0.15, 0.2) is 24.3 Å². The van der Waals surface area contributed by atoms with Gasteiger partial charge in [-0.2, -0.15) is 0 Å². The summed E-state index contributed by atoms with van der Waals surface area (Å²) in [6, 6.07) is 6.88. The molecule has 122 valence electrons. The van der Waals surface area contributed by atoms with E-state index in [1.165, 1.54) is 0 Å². The molecule has 22 heavy (non-hydrogen) atoms. The van der Waals surface area contributed by atoms with E-state index in [1.807, 2.05) is 0 Å². The molecule has 1 aliphatic rings. The molecule has 0 unspecified atom stereocenters. The highest BCUT2D eigenvalue weighted by atomic mass is 35.5. The molecule has 1 aromatic rings. The Labute approximate surface area is 137 Å². The second kappa shape index (κ2) is 8.36. The minimum atomic E-state index is -0.180. The first-order valence-corrected chi connectivity index (χ1v) is 8.20. The maximum Gasteiger partial charge on any atom is 0.319 e. The van der Waals surface area contributed by atoms with E-state index in [1.54, 1.807) is 29.2 Å². The fraction of sp³-hybridized carbons (Fsp3) is 0.562. The smallest absolute Gasteiger partial charge is 0.319 e. The van der Waals surface area contributed by atoms with Gasteiger partial charge in [0.1, 0.15) is 25.3 Å². The number of carbonyl (C=O) groups is 1. The van der Waals surface area contributed by atoms with Gasteiger partial charge in [0.15, 0.2) is 0 Å². The number of hydrogen-bond donors (Lipinski definition) is 3. The van der Waals surface area contributed by atoms with Crippen molar-refractivity contribution in [1.82, 2.24) is 5.32 Å². The van der Waals surface area contributed by atoms with Crippen molar-refractivity contribution in [2.45, 2.75) is 32.5 Å². The predicted octanol–water partition coefficient (Wildman–Crippen LogP) is 1.54. The van der Waals surface area contributed by atoms with Crippen LogP contribution < -0.4 is 15.5 Å². The summed E-state index contributed by atoms with van der Waals surface area (Å²) in [5, 5.41) is 6.32. The molecule has 6 heteroatoms. The summed E-state index contributed by atoms with van der Waals surface area (Å²) in [5.41, 5.74) is 0.739. The quantitative estimate of drug-likeness (QED) is 0.719. The number of anilines is 1. The van der Waals surface area contributed by atoms with Crippen LogP contribution >= 0.6 is 11.6 Å². The van der Waals surface area contributed by atoms with Crippen molar-refractivity contribution in [1.29, 1.82) is 0 Å². The third-order valence-electron chi connectivity index (χ3n) is 3.71. The molecule has 1 aromatic carbocycles. The Morgan fingerprint density at radius 3 is 2.55 bits per heavy atom. The van der Waals surface area contributed by atoms with Gasteiger partial charge in [0.2, 0.25) is 0 Å². The molecule has 3 N–H and O–H groups in total.